The molecule has 4 rings (SSSR count). The molecule has 0 radical (unpaired) electrons. The lowest BCUT2D eigenvalue weighted by Gasteiger charge is -2.09. The Labute approximate surface area is 187 Å². The summed E-state index contributed by atoms with van der Waals surface area (Å²) in [5.74, 6) is 0.985. The minimum Gasteiger partial charge on any atom is -0.167 e. The quantitative estimate of drug-likeness (QED) is 0.320. The normalized spacial score (nSPS) is 10.9. The number of benzene rings is 2. The van der Waals surface area contributed by atoms with Crippen LogP contribution in [0.1, 0.15) is 58.1 Å². The van der Waals surface area contributed by atoms with Crippen LogP contribution in [0, 0.1) is 0 Å². The molecule has 0 amide bonds. The Bertz CT molecular complexity index is 1030. The van der Waals surface area contributed by atoms with E-state index in [4.69, 9.17) is 0 Å². The molecule has 0 unspecified atom stereocenters. The van der Waals surface area contributed by atoms with E-state index in [1.807, 2.05) is 0 Å². The average Bonchev–Trinajstić information content (AvgIpc) is 2.79. The molecular formula is C29H34N2+2. The summed E-state index contributed by atoms with van der Waals surface area (Å²) in [7, 11) is 0. The first-order chi connectivity index (χ1) is 14.5. The SMILES string of the molecule is C.CC(C)c1ccccc1-[n+]1ccc(-c2cc[n+](-c3ccccc3C(C)C)cc2)cc1. The highest BCUT2D eigenvalue weighted by Gasteiger charge is 2.16. The average molecular weight is 411 g/mol. The number of hydrogen-bond donors (Lipinski definition) is 0. The Balaban J connectivity index is 0.00000272. The summed E-state index contributed by atoms with van der Waals surface area (Å²) in [6.45, 7) is 8.96. The van der Waals surface area contributed by atoms with Crippen molar-refractivity contribution in [2.45, 2.75) is 47.0 Å². The first-order valence-corrected chi connectivity index (χ1v) is 10.8. The van der Waals surface area contributed by atoms with Crippen LogP contribution in [0.5, 0.6) is 0 Å². The molecule has 158 valence electrons. The van der Waals surface area contributed by atoms with Gasteiger partial charge in [0.2, 0.25) is 11.4 Å². The maximum atomic E-state index is 2.24. The van der Waals surface area contributed by atoms with E-state index in [0.717, 1.165) is 0 Å². The smallest absolute Gasteiger partial charge is 0.167 e. The second-order valence-electron chi connectivity index (χ2n) is 8.42. The van der Waals surface area contributed by atoms with Crippen molar-refractivity contribution in [1.82, 2.24) is 0 Å². The molecule has 31 heavy (non-hydrogen) atoms. The Hall–Kier alpha value is -3.26. The summed E-state index contributed by atoms with van der Waals surface area (Å²) in [6, 6.07) is 26.0. The molecule has 2 aromatic heterocycles. The van der Waals surface area contributed by atoms with E-state index >= 15 is 0 Å². The molecule has 0 saturated carbocycles. The standard InChI is InChI=1S/C28H30N2.CH4/c1-21(2)25-9-5-7-11-27(25)29-17-13-23(14-18-29)24-15-19-30(20-16-24)28-12-8-6-10-26(28)22(3)4;/h5-22H,1-4H3;1H4/q+2;. The van der Waals surface area contributed by atoms with Gasteiger partial charge in [-0.1, -0.05) is 71.5 Å². The minimum absolute atomic E-state index is 0. The lowest BCUT2D eigenvalue weighted by atomic mass is 10.0. The highest BCUT2D eigenvalue weighted by Crippen LogP contribution is 2.22. The van der Waals surface area contributed by atoms with Crippen LogP contribution in [0.3, 0.4) is 0 Å². The van der Waals surface area contributed by atoms with Crippen LogP contribution in [0.15, 0.2) is 97.6 Å². The summed E-state index contributed by atoms with van der Waals surface area (Å²) in [6.07, 6.45) is 8.63. The molecule has 0 N–H and O–H groups in total. The number of rotatable bonds is 5. The molecule has 2 aromatic carbocycles. The maximum absolute atomic E-state index is 2.24. The molecule has 0 saturated heterocycles. The Morgan fingerprint density at radius 2 is 0.806 bits per heavy atom. The van der Waals surface area contributed by atoms with Crippen LogP contribution in [0.25, 0.3) is 22.5 Å². The summed E-state index contributed by atoms with van der Waals surface area (Å²) in [4.78, 5) is 0. The molecule has 0 atom stereocenters. The van der Waals surface area contributed by atoms with Crippen molar-refractivity contribution in [1.29, 1.82) is 0 Å². The Morgan fingerprint density at radius 1 is 0.484 bits per heavy atom. The summed E-state index contributed by atoms with van der Waals surface area (Å²) in [5, 5.41) is 0. The van der Waals surface area contributed by atoms with Gasteiger partial charge in [-0.05, 0) is 23.0 Å². The number of hydrogen-bond acceptors (Lipinski definition) is 0. The van der Waals surface area contributed by atoms with Gasteiger partial charge in [0.05, 0.1) is 0 Å². The van der Waals surface area contributed by atoms with Crippen LogP contribution in [-0.4, -0.2) is 0 Å². The van der Waals surface area contributed by atoms with Gasteiger partial charge in [-0.2, -0.15) is 9.13 Å². The van der Waals surface area contributed by atoms with Gasteiger partial charge in [-0.25, -0.2) is 0 Å². The Kier molecular flexibility index (Phi) is 7.02. The van der Waals surface area contributed by atoms with Crippen molar-refractivity contribution < 1.29 is 9.13 Å². The molecule has 0 aliphatic carbocycles. The predicted molar refractivity (Wildman–Crippen MR) is 130 cm³/mol. The third-order valence-electron chi connectivity index (χ3n) is 5.67. The summed E-state index contributed by atoms with van der Waals surface area (Å²) in [5.41, 5.74) is 7.65. The van der Waals surface area contributed by atoms with Crippen LogP contribution in [0.2, 0.25) is 0 Å². The fraction of sp³-hybridized carbons (Fsp3) is 0.241. The van der Waals surface area contributed by atoms with Crippen LogP contribution < -0.4 is 9.13 Å². The molecule has 0 spiro atoms. The fourth-order valence-corrected chi connectivity index (χ4v) is 3.98. The molecule has 0 fully saturated rings. The highest BCUT2D eigenvalue weighted by molar-refractivity contribution is 5.61. The van der Waals surface area contributed by atoms with Crippen molar-refractivity contribution in [3.05, 3.63) is 109 Å². The van der Waals surface area contributed by atoms with E-state index in [9.17, 15) is 0 Å². The van der Waals surface area contributed by atoms with Gasteiger partial charge in [-0.15, -0.1) is 0 Å². The van der Waals surface area contributed by atoms with E-state index in [-0.39, 0.29) is 7.43 Å². The topological polar surface area (TPSA) is 7.76 Å². The zero-order valence-electron chi connectivity index (χ0n) is 18.3. The number of para-hydroxylation sites is 2. The van der Waals surface area contributed by atoms with Gasteiger partial charge < -0.3 is 0 Å². The van der Waals surface area contributed by atoms with Crippen molar-refractivity contribution in [3.8, 4) is 22.5 Å². The van der Waals surface area contributed by atoms with Gasteiger partial charge in [-0.3, -0.25) is 0 Å². The first kappa shape index (κ1) is 22.4. The van der Waals surface area contributed by atoms with Crippen LogP contribution >= 0.6 is 0 Å². The zero-order valence-corrected chi connectivity index (χ0v) is 18.3. The predicted octanol–water partition coefficient (Wildman–Crippen LogP) is 6.79. The van der Waals surface area contributed by atoms with Crippen molar-refractivity contribution >= 4 is 0 Å². The zero-order chi connectivity index (χ0) is 21.1. The van der Waals surface area contributed by atoms with Gasteiger partial charge in [0, 0.05) is 47.5 Å². The highest BCUT2D eigenvalue weighted by atomic mass is 14.9. The van der Waals surface area contributed by atoms with E-state index < -0.39 is 0 Å². The van der Waals surface area contributed by atoms with E-state index in [0.29, 0.717) is 11.8 Å². The lowest BCUT2D eigenvalue weighted by Crippen LogP contribution is -2.31. The molecule has 2 heteroatoms. The van der Waals surface area contributed by atoms with E-state index in [2.05, 4.69) is 134 Å². The minimum atomic E-state index is 0. The van der Waals surface area contributed by atoms with Gasteiger partial charge in [0.1, 0.15) is 0 Å². The number of nitrogens with zero attached hydrogens (tertiary/aromatic N) is 2. The van der Waals surface area contributed by atoms with Crippen LogP contribution in [0.4, 0.5) is 0 Å². The third-order valence-corrected chi connectivity index (χ3v) is 5.67. The Morgan fingerprint density at radius 3 is 1.13 bits per heavy atom. The molecule has 2 nitrogen and oxygen atoms in total. The van der Waals surface area contributed by atoms with Crippen molar-refractivity contribution in [2.75, 3.05) is 0 Å². The molecule has 0 bridgehead atoms. The third kappa shape index (κ3) is 4.74. The van der Waals surface area contributed by atoms with Gasteiger partial charge in [0.25, 0.3) is 0 Å². The molecule has 4 aromatic rings. The number of pyridine rings is 2. The molecular weight excluding hydrogens is 376 g/mol. The molecule has 0 aliphatic heterocycles. The first-order valence-electron chi connectivity index (χ1n) is 10.8. The summed E-state index contributed by atoms with van der Waals surface area (Å²) < 4.78 is 4.42. The largest absolute Gasteiger partial charge is 0.214 e. The summed E-state index contributed by atoms with van der Waals surface area (Å²) >= 11 is 0. The van der Waals surface area contributed by atoms with Crippen LogP contribution in [-0.2, 0) is 0 Å². The van der Waals surface area contributed by atoms with Crippen molar-refractivity contribution in [2.24, 2.45) is 0 Å². The second-order valence-corrected chi connectivity index (χ2v) is 8.42. The molecule has 2 heterocycles. The fourth-order valence-electron chi connectivity index (χ4n) is 3.98. The van der Waals surface area contributed by atoms with Gasteiger partial charge in [0.15, 0.2) is 24.8 Å². The second kappa shape index (κ2) is 9.70. The molecule has 0 aliphatic rings. The van der Waals surface area contributed by atoms with Crippen molar-refractivity contribution in [3.63, 3.8) is 0 Å². The lowest BCUT2D eigenvalue weighted by molar-refractivity contribution is -0.596. The van der Waals surface area contributed by atoms with E-state index in [1.165, 1.54) is 33.6 Å². The maximum Gasteiger partial charge on any atom is 0.214 e. The monoisotopic (exact) mass is 410 g/mol. The number of aromatic nitrogens is 2. The van der Waals surface area contributed by atoms with Gasteiger partial charge >= 0.3 is 0 Å². The van der Waals surface area contributed by atoms with E-state index in [1.54, 1.807) is 0 Å².